The fourth-order valence-corrected chi connectivity index (χ4v) is 2.09. The molecule has 0 bridgehead atoms. The van der Waals surface area contributed by atoms with E-state index in [4.69, 9.17) is 9.47 Å². The van der Waals surface area contributed by atoms with Crippen molar-refractivity contribution in [3.05, 3.63) is 59.0 Å². The summed E-state index contributed by atoms with van der Waals surface area (Å²) in [4.78, 5) is 26.8. The molecule has 3 rings (SSSR count). The number of methoxy groups -OCH3 is 1. The Kier molecular flexibility index (Phi) is 3.19. The molecule has 0 aliphatic heterocycles. The second-order valence-corrected chi connectivity index (χ2v) is 4.30. The molecule has 2 aromatic carbocycles. The van der Waals surface area contributed by atoms with Crippen LogP contribution in [0.1, 0.15) is 0 Å². The highest BCUT2D eigenvalue weighted by Crippen LogP contribution is 2.22. The molecule has 1 aromatic heterocycles. The molecule has 1 heterocycles. The first-order chi connectivity index (χ1) is 10.2. The summed E-state index contributed by atoms with van der Waals surface area (Å²) in [7, 11) is 1.49. The zero-order valence-corrected chi connectivity index (χ0v) is 11.2. The first-order valence-corrected chi connectivity index (χ1v) is 6.25. The number of aromatic nitrogens is 2. The number of imidazole rings is 1. The summed E-state index contributed by atoms with van der Waals surface area (Å²) >= 11 is 0. The van der Waals surface area contributed by atoms with Gasteiger partial charge in [0, 0.05) is 0 Å². The van der Waals surface area contributed by atoms with Crippen LogP contribution in [0.2, 0.25) is 0 Å². The Morgan fingerprint density at radius 2 is 1.86 bits per heavy atom. The van der Waals surface area contributed by atoms with E-state index in [9.17, 15) is 9.59 Å². The molecule has 0 unspecified atom stereocenters. The van der Waals surface area contributed by atoms with Crippen LogP contribution in [0.3, 0.4) is 0 Å². The summed E-state index contributed by atoms with van der Waals surface area (Å²) in [6.07, 6.45) is -0.772. The summed E-state index contributed by atoms with van der Waals surface area (Å²) in [6.45, 7) is 0. The second kappa shape index (κ2) is 5.16. The van der Waals surface area contributed by atoms with Crippen molar-refractivity contribution < 1.29 is 14.3 Å². The van der Waals surface area contributed by atoms with Crippen molar-refractivity contribution in [3.8, 4) is 11.5 Å². The van der Waals surface area contributed by atoms with Gasteiger partial charge in [-0.25, -0.2) is 9.59 Å². The van der Waals surface area contributed by atoms with Gasteiger partial charge in [-0.1, -0.05) is 24.3 Å². The highest BCUT2D eigenvalue weighted by Gasteiger charge is 2.17. The fourth-order valence-electron chi connectivity index (χ4n) is 2.09. The summed E-state index contributed by atoms with van der Waals surface area (Å²) in [5, 5.41) is 0. The van der Waals surface area contributed by atoms with Gasteiger partial charge in [0.25, 0.3) is 0 Å². The van der Waals surface area contributed by atoms with Gasteiger partial charge in [-0.05, 0) is 24.3 Å². The van der Waals surface area contributed by atoms with Gasteiger partial charge < -0.3 is 14.5 Å². The molecule has 1 N–H and O–H groups in total. The van der Waals surface area contributed by atoms with Gasteiger partial charge in [-0.15, -0.1) is 0 Å². The molecule has 0 amide bonds. The van der Waals surface area contributed by atoms with Crippen LogP contribution >= 0.6 is 0 Å². The number of para-hydroxylation sites is 2. The van der Waals surface area contributed by atoms with Crippen molar-refractivity contribution in [2.45, 2.75) is 0 Å². The Morgan fingerprint density at radius 3 is 2.57 bits per heavy atom. The van der Waals surface area contributed by atoms with Crippen LogP contribution in [0.4, 0.5) is 4.79 Å². The minimum atomic E-state index is -0.772. The van der Waals surface area contributed by atoms with Gasteiger partial charge in [-0.2, -0.15) is 4.57 Å². The molecule has 0 fully saturated rings. The van der Waals surface area contributed by atoms with Crippen molar-refractivity contribution in [3.63, 3.8) is 0 Å². The summed E-state index contributed by atoms with van der Waals surface area (Å²) < 4.78 is 11.3. The zero-order chi connectivity index (χ0) is 14.8. The lowest BCUT2D eigenvalue weighted by Crippen LogP contribution is -2.27. The first-order valence-electron chi connectivity index (χ1n) is 6.25. The Bertz CT molecular complexity index is 849. The number of hydrogen-bond donors (Lipinski definition) is 1. The maximum absolute atomic E-state index is 12.2. The number of carbonyl (C=O) groups excluding carboxylic acids is 1. The fraction of sp³-hybridized carbons (Fsp3) is 0.0667. The number of hydrogen-bond acceptors (Lipinski definition) is 4. The van der Waals surface area contributed by atoms with E-state index in [-0.39, 0.29) is 0 Å². The predicted octanol–water partition coefficient (Wildman–Crippen LogP) is 2.39. The van der Waals surface area contributed by atoms with Gasteiger partial charge >= 0.3 is 11.8 Å². The van der Waals surface area contributed by atoms with Crippen molar-refractivity contribution >= 4 is 17.1 Å². The van der Waals surface area contributed by atoms with Crippen LogP contribution in [-0.4, -0.2) is 22.8 Å². The van der Waals surface area contributed by atoms with E-state index in [0.717, 1.165) is 4.57 Å². The maximum atomic E-state index is 12.2. The van der Waals surface area contributed by atoms with E-state index in [1.807, 2.05) is 0 Å². The number of ether oxygens (including phenoxy) is 2. The van der Waals surface area contributed by atoms with E-state index < -0.39 is 11.8 Å². The first kappa shape index (κ1) is 13.0. The number of fused-ring (bicyclic) bond motifs is 1. The molecule has 0 saturated carbocycles. The largest absolute Gasteiger partial charge is 0.494 e. The maximum Gasteiger partial charge on any atom is 0.428 e. The molecular weight excluding hydrogens is 272 g/mol. The number of benzene rings is 2. The van der Waals surface area contributed by atoms with Crippen LogP contribution in [0.25, 0.3) is 11.0 Å². The molecule has 106 valence electrons. The van der Waals surface area contributed by atoms with Gasteiger partial charge in [0.1, 0.15) is 17.0 Å². The minimum absolute atomic E-state index is 0.367. The topological polar surface area (TPSA) is 73.3 Å². The number of aromatic amines is 1. The molecule has 6 heteroatoms. The van der Waals surface area contributed by atoms with E-state index >= 15 is 0 Å². The van der Waals surface area contributed by atoms with Gasteiger partial charge in [-0.3, -0.25) is 0 Å². The molecule has 0 atom stereocenters. The Balaban J connectivity index is 2.06. The monoisotopic (exact) mass is 284 g/mol. The molecule has 21 heavy (non-hydrogen) atoms. The van der Waals surface area contributed by atoms with Crippen LogP contribution in [0, 0.1) is 0 Å². The smallest absolute Gasteiger partial charge is 0.428 e. The summed E-state index contributed by atoms with van der Waals surface area (Å²) in [6, 6.07) is 13.6. The lowest BCUT2D eigenvalue weighted by Gasteiger charge is -2.05. The lowest BCUT2D eigenvalue weighted by molar-refractivity contribution is 0.202. The number of carbonyl (C=O) groups is 1. The molecule has 0 radical (unpaired) electrons. The second-order valence-electron chi connectivity index (χ2n) is 4.30. The molecule has 0 aliphatic carbocycles. The molecule has 0 spiro atoms. The van der Waals surface area contributed by atoms with Crippen molar-refractivity contribution in [2.75, 3.05) is 7.11 Å². The Morgan fingerprint density at radius 1 is 1.10 bits per heavy atom. The van der Waals surface area contributed by atoms with Crippen LogP contribution < -0.4 is 15.2 Å². The lowest BCUT2D eigenvalue weighted by atomic mass is 10.3. The number of nitrogens with one attached hydrogen (secondary N) is 1. The summed E-state index contributed by atoms with van der Waals surface area (Å²) in [5.74, 6) is 0.850. The third-order valence-corrected chi connectivity index (χ3v) is 3.03. The van der Waals surface area contributed by atoms with E-state index in [0.29, 0.717) is 22.5 Å². The Hall–Kier alpha value is -3.02. The van der Waals surface area contributed by atoms with Gasteiger partial charge in [0.15, 0.2) is 0 Å². The molecule has 0 aliphatic rings. The quantitative estimate of drug-likeness (QED) is 0.784. The molecular formula is C15H12N2O4. The average Bonchev–Trinajstić information content (AvgIpc) is 2.84. The number of nitrogens with zero attached hydrogens (tertiary/aromatic N) is 1. The predicted molar refractivity (Wildman–Crippen MR) is 77.0 cm³/mol. The van der Waals surface area contributed by atoms with Crippen LogP contribution in [0.5, 0.6) is 11.5 Å². The average molecular weight is 284 g/mol. The number of rotatable bonds is 2. The summed E-state index contributed by atoms with van der Waals surface area (Å²) in [5.41, 5.74) is 0.283. The van der Waals surface area contributed by atoms with Crippen molar-refractivity contribution in [2.24, 2.45) is 0 Å². The normalized spacial score (nSPS) is 10.5. The van der Waals surface area contributed by atoms with Crippen molar-refractivity contribution in [1.82, 2.24) is 9.55 Å². The number of H-pyrrole nitrogens is 1. The van der Waals surface area contributed by atoms with Crippen LogP contribution in [-0.2, 0) is 0 Å². The van der Waals surface area contributed by atoms with Gasteiger partial charge in [0.05, 0.1) is 12.6 Å². The zero-order valence-electron chi connectivity index (χ0n) is 11.2. The van der Waals surface area contributed by atoms with Crippen molar-refractivity contribution in [1.29, 1.82) is 0 Å². The van der Waals surface area contributed by atoms with E-state index in [1.54, 1.807) is 48.5 Å². The minimum Gasteiger partial charge on any atom is -0.494 e. The molecule has 6 nitrogen and oxygen atoms in total. The standard InChI is InChI=1S/C15H12N2O4/c1-20-12-9-5-8-11-13(12)16-14(18)17(11)15(19)21-10-6-3-2-4-7-10/h2-9H,1H3,(H,16,18). The Labute approximate surface area is 119 Å². The highest BCUT2D eigenvalue weighted by atomic mass is 16.6. The van der Waals surface area contributed by atoms with E-state index in [1.165, 1.54) is 7.11 Å². The highest BCUT2D eigenvalue weighted by molar-refractivity contribution is 5.90. The van der Waals surface area contributed by atoms with E-state index in [2.05, 4.69) is 4.98 Å². The molecule has 3 aromatic rings. The third kappa shape index (κ3) is 2.27. The third-order valence-electron chi connectivity index (χ3n) is 3.03. The van der Waals surface area contributed by atoms with Gasteiger partial charge in [0.2, 0.25) is 0 Å². The molecule has 0 saturated heterocycles. The van der Waals surface area contributed by atoms with Crippen LogP contribution in [0.15, 0.2) is 53.3 Å². The SMILES string of the molecule is COc1cccc2c1[nH]c(=O)n2C(=O)Oc1ccccc1.